The summed E-state index contributed by atoms with van der Waals surface area (Å²) in [5.74, 6) is -28.4. The van der Waals surface area contributed by atoms with E-state index in [-0.39, 0.29) is 55.7 Å². The minimum absolute atomic E-state index is 0.169. The van der Waals surface area contributed by atoms with Crippen LogP contribution in [0.15, 0.2) is 121 Å². The van der Waals surface area contributed by atoms with Crippen molar-refractivity contribution in [1.29, 1.82) is 0 Å². The number of aliphatic hydroxyl groups excluding tert-OH is 1. The average Bonchev–Trinajstić information content (AvgIpc) is 1.57. The SMILES string of the molecule is CCCC[C@H]1C(=O)N2C[C@H](O)C[C@@H]2C(=O)N[C@@H](CC(=O)O)C(=O)N[C@@H](C(C)C)C(=O)N(C)[C@@H](Cc2ccccc2)C(=O)N[C@@H](CCC(=O)O)C(=O)N2CCOC[C@@H]2C(=O)N[C@@H](Cc2c[nH]c3ccccc23)C(=O)N[C@@H](Cc2ccc(O)cc2)C(=O)N[C@@H](CCN)C(=O)N[C@H](C(=O)NCC(N)=O)CSCC(=O)N[C@@H](Cc2cc(F)c(F)c(F)c2)C(=O)N(C)C(Cc2ccc(F)cc2)C(=O)N1C. The highest BCUT2D eigenvalue weighted by molar-refractivity contribution is 8.00. The van der Waals surface area contributed by atoms with Gasteiger partial charge in [0.2, 0.25) is 88.6 Å². The van der Waals surface area contributed by atoms with Gasteiger partial charge in [0.1, 0.15) is 90.1 Å². The van der Waals surface area contributed by atoms with Gasteiger partial charge in [-0.15, -0.1) is 11.8 Å². The van der Waals surface area contributed by atoms with E-state index in [9.17, 15) is 67.6 Å². The molecule has 0 aliphatic carbocycles. The minimum atomic E-state index is -2.09. The second-order valence-corrected chi connectivity index (χ2v) is 34.6. The van der Waals surface area contributed by atoms with Crippen molar-refractivity contribution in [2.75, 3.05) is 72.0 Å². The van der Waals surface area contributed by atoms with Crippen LogP contribution >= 0.6 is 11.8 Å². The predicted molar refractivity (Wildman–Crippen MR) is 478 cm³/mol. The third-order valence-electron chi connectivity index (χ3n) is 23.4. The van der Waals surface area contributed by atoms with Crippen LogP contribution in [0.1, 0.15) is 100.0 Å². The topological polar surface area (TPSA) is 573 Å². The number of aliphatic carboxylic acids is 2. The molecule has 14 atom stereocenters. The van der Waals surface area contributed by atoms with Crippen molar-refractivity contribution in [2.24, 2.45) is 17.4 Å². The van der Waals surface area contributed by atoms with E-state index in [4.69, 9.17) is 16.2 Å². The molecular weight excluding hydrogens is 1790 g/mol. The smallest absolute Gasteiger partial charge is 0.305 e. The summed E-state index contributed by atoms with van der Waals surface area (Å²) in [7, 11) is 3.41. The molecule has 3 fully saturated rings. The highest BCUT2D eigenvalue weighted by Gasteiger charge is 2.48. The summed E-state index contributed by atoms with van der Waals surface area (Å²) in [4.78, 5) is 257. The van der Waals surface area contributed by atoms with E-state index in [2.05, 4.69) is 52.8 Å². The maximum Gasteiger partial charge on any atom is 0.305 e. The van der Waals surface area contributed by atoms with Gasteiger partial charge in [-0.25, -0.2) is 17.6 Å². The van der Waals surface area contributed by atoms with Crippen LogP contribution in [0.3, 0.4) is 0 Å². The molecule has 44 heteroatoms. The molecular formula is C91H113F4N17O22S. The van der Waals surface area contributed by atoms with Crippen LogP contribution < -0.4 is 59.3 Å². The Kier molecular flexibility index (Phi) is 38.4. The summed E-state index contributed by atoms with van der Waals surface area (Å²) in [5.41, 5.74) is 12.9. The Morgan fingerprint density at radius 2 is 1.12 bits per heavy atom. The Bertz CT molecular complexity index is 5270. The Balaban J connectivity index is 1.14. The number of carbonyl (C=O) groups excluding carboxylic acids is 15. The lowest BCUT2D eigenvalue weighted by Crippen LogP contribution is -2.64. The number of benzene rings is 5. The quantitative estimate of drug-likeness (QED) is 0.0265. The van der Waals surface area contributed by atoms with Gasteiger partial charge in [-0.3, -0.25) is 81.5 Å². The van der Waals surface area contributed by atoms with Gasteiger partial charge >= 0.3 is 11.9 Å². The number of para-hydroxylation sites is 1. The van der Waals surface area contributed by atoms with E-state index < -0.39 is 309 Å². The number of rotatable bonds is 24. The number of H-pyrrole nitrogens is 1. The number of primary amides is 1. The Hall–Kier alpha value is -13.6. The normalized spacial score (nSPS) is 24.0. The standard InChI is InChI=1S/C91H113F4N17O22S/c1-7-8-18-68-90(132)112-44-56(114)40-70(112)85(127)105-65(41-76(119)120)83(125)107-78(48(2)3)91(133)109(5)69(37-49-14-10-9-11-15-49)84(126)102-62(27-28-75(117)118)88(130)111-31-32-134-45-72(111)86(128)104-64(39-53-42-98-60-17-13-12-16-57(53)60)82(124)103-63(35-50-21-25-55(113)26-22-50)81(123)101-61(29-30-96)80(122)106-67(79(121)99-43-73(97)115)46-135-47-74(116)100-66(36-52-33-58(93)77(95)59(94)34-52)87(129)110(6)71(89(131)108(68)4)38-51-19-23-54(92)24-20-51/h9-17,19-26,33-34,42,48,56,61-72,78,98,113-114H,7-8,18,27-32,35-41,43-47,96H2,1-6H3,(H2,97,115)(H,99,121)(H,100,116)(H,101,123)(H,102,126)(H,103,124)(H,104,128)(H,105,127)(H,106,122)(H,107,125)(H,117,118)(H,119,120)/t56-,61+,62+,63+,64+,65+,66+,67+,68+,69+,70-,71?,72-,78+/m1/s1. The largest absolute Gasteiger partial charge is 0.508 e. The summed E-state index contributed by atoms with van der Waals surface area (Å²) in [6, 6.07) is 2.71. The maximum absolute atomic E-state index is 15.7. The van der Waals surface area contributed by atoms with Crippen LogP contribution in [-0.4, -0.2) is 307 Å². The number of thioether (sulfide) groups is 1. The Morgan fingerprint density at radius 1 is 0.556 bits per heavy atom. The minimum Gasteiger partial charge on any atom is -0.508 e. The number of hydrogen-bond acceptors (Lipinski definition) is 22. The van der Waals surface area contributed by atoms with Crippen LogP contribution in [0.5, 0.6) is 5.75 Å². The lowest BCUT2D eigenvalue weighted by molar-refractivity contribution is -0.152. The highest BCUT2D eigenvalue weighted by Crippen LogP contribution is 2.28. The number of carbonyl (C=O) groups is 17. The molecule has 0 spiro atoms. The summed E-state index contributed by atoms with van der Waals surface area (Å²) in [6.45, 7) is 1.65. The number of phenolic OH excluding ortho intramolecular Hbond substituents is 1. The first-order valence-corrected chi connectivity index (χ1v) is 44.9. The molecule has 0 bridgehead atoms. The summed E-state index contributed by atoms with van der Waals surface area (Å²) in [5, 5.41) is 65.4. The second kappa shape index (κ2) is 49.4. The molecule has 3 saturated heterocycles. The van der Waals surface area contributed by atoms with Crippen molar-refractivity contribution in [2.45, 2.75) is 189 Å². The number of fused-ring (bicyclic) bond motifs is 3. The van der Waals surface area contributed by atoms with Crippen LogP contribution in [0.2, 0.25) is 0 Å². The van der Waals surface area contributed by atoms with Crippen LogP contribution in [-0.2, 0) is 118 Å². The fraction of sp³-hybridized carbons (Fsp3) is 0.462. The number of carboxylic acid groups (broad SMARTS) is 2. The van der Waals surface area contributed by atoms with Gasteiger partial charge in [0.15, 0.2) is 17.5 Å². The summed E-state index contributed by atoms with van der Waals surface area (Å²) < 4.78 is 65.5. The lowest BCUT2D eigenvalue weighted by atomic mass is 9.98. The van der Waals surface area contributed by atoms with Gasteiger partial charge in [0.25, 0.3) is 0 Å². The molecule has 0 saturated carbocycles. The maximum atomic E-state index is 15.7. The van der Waals surface area contributed by atoms with Crippen molar-refractivity contribution in [1.82, 2.24) is 77.3 Å². The van der Waals surface area contributed by atoms with Gasteiger partial charge in [0, 0.05) is 102 Å². The first kappa shape index (κ1) is 105. The van der Waals surface area contributed by atoms with Crippen LogP contribution in [0, 0.1) is 29.2 Å². The third kappa shape index (κ3) is 29.2. The number of aromatic amines is 1. The predicted octanol–water partition coefficient (Wildman–Crippen LogP) is -0.625. The lowest BCUT2D eigenvalue weighted by Gasteiger charge is -2.38. The highest BCUT2D eigenvalue weighted by atomic mass is 32.2. The number of nitrogens with two attached hydrogens (primary N) is 2. The van der Waals surface area contributed by atoms with Gasteiger partial charge < -0.3 is 114 Å². The molecule has 6 aromatic rings. The number of aromatic nitrogens is 1. The number of ether oxygens (including phenoxy) is 1. The average molecular weight is 1910 g/mol. The van der Waals surface area contributed by atoms with Crippen molar-refractivity contribution < 1.29 is 124 Å². The van der Waals surface area contributed by atoms with Crippen molar-refractivity contribution in [3.05, 3.63) is 173 Å². The van der Waals surface area contributed by atoms with Crippen molar-refractivity contribution in [3.63, 3.8) is 0 Å². The van der Waals surface area contributed by atoms with Gasteiger partial charge in [-0.05, 0) is 102 Å². The molecule has 4 heterocycles. The molecule has 0 radical (unpaired) electrons. The number of phenols is 1. The first-order valence-electron chi connectivity index (χ1n) is 43.8. The number of carboxylic acids is 2. The Labute approximate surface area is 777 Å². The number of aliphatic hydroxyl groups is 1. The fourth-order valence-corrected chi connectivity index (χ4v) is 16.8. The second-order valence-electron chi connectivity index (χ2n) is 33.6. The number of aromatic hydroxyl groups is 1. The number of likely N-dealkylation sites (N-methyl/N-ethyl adjacent to an activating group) is 3. The molecule has 18 N–H and O–H groups in total. The van der Waals surface area contributed by atoms with E-state index in [0.717, 1.165) is 50.7 Å². The van der Waals surface area contributed by atoms with Crippen molar-refractivity contribution in [3.8, 4) is 5.75 Å². The molecule has 135 heavy (non-hydrogen) atoms. The number of halogens is 4. The molecule has 3 aliphatic heterocycles. The monoisotopic (exact) mass is 1900 g/mol. The molecule has 5 aromatic carbocycles. The van der Waals surface area contributed by atoms with E-state index >= 15 is 51.9 Å². The number of unbranched alkanes of at least 4 members (excludes halogenated alkanes) is 1. The Morgan fingerprint density at radius 3 is 1.76 bits per heavy atom. The van der Waals surface area contributed by atoms with E-state index in [0.29, 0.717) is 52.3 Å². The zero-order valence-electron chi connectivity index (χ0n) is 75.0. The van der Waals surface area contributed by atoms with Gasteiger partial charge in [-0.1, -0.05) is 106 Å². The summed E-state index contributed by atoms with van der Waals surface area (Å²) in [6.07, 6.45) is -5.73. The van der Waals surface area contributed by atoms with Crippen LogP contribution in [0.25, 0.3) is 10.9 Å². The third-order valence-corrected chi connectivity index (χ3v) is 24.4. The van der Waals surface area contributed by atoms with E-state index in [1.807, 2.05) is 0 Å². The number of nitrogens with zero attached hydrogens (tertiary/aromatic N) is 5. The molecule has 39 nitrogen and oxygen atoms in total. The van der Waals surface area contributed by atoms with Gasteiger partial charge in [-0.2, -0.15) is 0 Å². The fourth-order valence-electron chi connectivity index (χ4n) is 16.0. The van der Waals surface area contributed by atoms with E-state index in [1.165, 1.54) is 57.3 Å². The molecule has 728 valence electrons. The van der Waals surface area contributed by atoms with Crippen molar-refractivity contribution >= 4 is 123 Å². The molecule has 1 unspecified atom stereocenters. The molecule has 3 aliphatic rings. The summed E-state index contributed by atoms with van der Waals surface area (Å²) >= 11 is 0.591. The van der Waals surface area contributed by atoms with E-state index in [1.54, 1.807) is 67.7 Å². The van der Waals surface area contributed by atoms with Crippen LogP contribution in [0.4, 0.5) is 17.6 Å². The molecule has 9 rings (SSSR count). The number of hydrogen-bond donors (Lipinski definition) is 16. The number of morpholine rings is 1. The van der Waals surface area contributed by atoms with Gasteiger partial charge in [0.05, 0.1) is 38.0 Å². The number of nitrogens with one attached hydrogen (secondary N) is 10. The zero-order valence-corrected chi connectivity index (χ0v) is 75.8. The molecule has 15 amide bonds. The zero-order chi connectivity index (χ0) is 98.8. The molecule has 1 aromatic heterocycles. The number of amides is 15. The first-order chi connectivity index (χ1) is 64.1.